The van der Waals surface area contributed by atoms with Crippen LogP contribution in [0, 0.1) is 11.5 Å². The van der Waals surface area contributed by atoms with Crippen LogP contribution in [0.1, 0.15) is 12.0 Å². The molecule has 0 spiro atoms. The standard InChI is InChI=1S/C14H19NO3SSi/c1-20(2,3)11-9-12-4-6-13(7-5-12)19(17,18)10-8-14(15)16/h4-7H,8,10H2,1-3H3,(H2,15,16). The van der Waals surface area contributed by atoms with Gasteiger partial charge in [-0.2, -0.15) is 0 Å². The first-order chi connectivity index (χ1) is 9.10. The molecule has 0 saturated carbocycles. The number of rotatable bonds is 4. The second-order valence-corrected chi connectivity index (χ2v) is 12.4. The van der Waals surface area contributed by atoms with Crippen LogP contribution in [0.5, 0.6) is 0 Å². The largest absolute Gasteiger partial charge is 0.370 e. The zero-order valence-electron chi connectivity index (χ0n) is 11.9. The molecule has 0 heterocycles. The Morgan fingerprint density at radius 3 is 2.20 bits per heavy atom. The summed E-state index contributed by atoms with van der Waals surface area (Å²) in [6.07, 6.45) is -0.167. The molecule has 0 fully saturated rings. The Morgan fingerprint density at radius 1 is 1.20 bits per heavy atom. The Labute approximate surface area is 121 Å². The SMILES string of the molecule is C[Si](C)(C)C#Cc1ccc(S(=O)(=O)CCC(N)=O)cc1. The number of hydrogen-bond acceptors (Lipinski definition) is 3. The van der Waals surface area contributed by atoms with Crippen molar-refractivity contribution in [2.75, 3.05) is 5.75 Å². The number of sulfone groups is 1. The van der Waals surface area contributed by atoms with Crippen LogP contribution in [0.4, 0.5) is 0 Å². The van der Waals surface area contributed by atoms with Crippen molar-refractivity contribution in [3.05, 3.63) is 29.8 Å². The van der Waals surface area contributed by atoms with Crippen LogP contribution < -0.4 is 5.73 Å². The first-order valence-electron chi connectivity index (χ1n) is 6.24. The van der Waals surface area contributed by atoms with E-state index in [1.54, 1.807) is 12.1 Å². The molecule has 0 aliphatic carbocycles. The van der Waals surface area contributed by atoms with E-state index in [0.29, 0.717) is 0 Å². The lowest BCUT2D eigenvalue weighted by Gasteiger charge is -2.04. The van der Waals surface area contributed by atoms with Gasteiger partial charge in [-0.25, -0.2) is 8.42 Å². The fraction of sp³-hybridized carbons (Fsp3) is 0.357. The maximum absolute atomic E-state index is 11.9. The Balaban J connectivity index is 2.90. The number of nitrogens with two attached hydrogens (primary N) is 1. The van der Waals surface area contributed by atoms with Crippen LogP contribution in [0.15, 0.2) is 29.2 Å². The minimum absolute atomic E-state index is 0.167. The number of hydrogen-bond donors (Lipinski definition) is 1. The van der Waals surface area contributed by atoms with Gasteiger partial charge in [0, 0.05) is 12.0 Å². The molecule has 1 aromatic carbocycles. The van der Waals surface area contributed by atoms with Gasteiger partial charge in [-0.05, 0) is 24.3 Å². The van der Waals surface area contributed by atoms with Gasteiger partial charge in [0.25, 0.3) is 0 Å². The molecule has 0 bridgehead atoms. The molecule has 0 aliphatic rings. The van der Waals surface area contributed by atoms with Crippen molar-refractivity contribution in [1.29, 1.82) is 0 Å². The number of carbonyl (C=O) groups excluding carboxylic acids is 1. The lowest BCUT2D eigenvalue weighted by atomic mass is 10.2. The van der Waals surface area contributed by atoms with Crippen molar-refractivity contribution >= 4 is 23.8 Å². The molecule has 6 heteroatoms. The molecule has 0 radical (unpaired) electrons. The number of primary amides is 1. The van der Waals surface area contributed by atoms with E-state index < -0.39 is 23.8 Å². The average molecular weight is 309 g/mol. The predicted molar refractivity (Wildman–Crippen MR) is 82.5 cm³/mol. The van der Waals surface area contributed by atoms with E-state index in [2.05, 4.69) is 31.1 Å². The summed E-state index contributed by atoms with van der Waals surface area (Å²) >= 11 is 0. The Hall–Kier alpha value is -1.58. The summed E-state index contributed by atoms with van der Waals surface area (Å²) < 4.78 is 23.9. The van der Waals surface area contributed by atoms with E-state index in [0.717, 1.165) is 5.56 Å². The minimum Gasteiger partial charge on any atom is -0.370 e. The topological polar surface area (TPSA) is 77.2 Å². The second kappa shape index (κ2) is 6.24. The minimum atomic E-state index is -3.46. The van der Waals surface area contributed by atoms with Crippen molar-refractivity contribution in [3.8, 4) is 11.5 Å². The molecule has 0 atom stereocenters. The number of amides is 1. The van der Waals surface area contributed by atoms with Crippen LogP contribution in [0.25, 0.3) is 0 Å². The zero-order valence-corrected chi connectivity index (χ0v) is 13.8. The highest BCUT2D eigenvalue weighted by molar-refractivity contribution is 7.91. The predicted octanol–water partition coefficient (Wildman–Crippen LogP) is 1.56. The van der Waals surface area contributed by atoms with Crippen LogP contribution >= 0.6 is 0 Å². The molecule has 0 saturated heterocycles. The van der Waals surface area contributed by atoms with Gasteiger partial charge in [0.2, 0.25) is 5.91 Å². The van der Waals surface area contributed by atoms with Crippen molar-refractivity contribution in [3.63, 3.8) is 0 Å². The van der Waals surface area contributed by atoms with Gasteiger partial charge in [0.15, 0.2) is 9.84 Å². The van der Waals surface area contributed by atoms with Crippen LogP contribution in [0.2, 0.25) is 19.6 Å². The molecule has 1 rings (SSSR count). The molecule has 4 nitrogen and oxygen atoms in total. The lowest BCUT2D eigenvalue weighted by molar-refractivity contribution is -0.117. The van der Waals surface area contributed by atoms with Gasteiger partial charge >= 0.3 is 0 Å². The number of benzene rings is 1. The van der Waals surface area contributed by atoms with E-state index >= 15 is 0 Å². The summed E-state index contributed by atoms with van der Waals surface area (Å²) in [4.78, 5) is 10.8. The normalized spacial score (nSPS) is 11.6. The third-order valence-electron chi connectivity index (χ3n) is 2.41. The van der Waals surface area contributed by atoms with Gasteiger partial charge in [-0.1, -0.05) is 25.6 Å². The molecule has 20 heavy (non-hydrogen) atoms. The summed E-state index contributed by atoms with van der Waals surface area (Å²) in [5.41, 5.74) is 8.97. The maximum Gasteiger partial charge on any atom is 0.218 e. The van der Waals surface area contributed by atoms with Gasteiger partial charge in [-0.15, -0.1) is 5.54 Å². The van der Waals surface area contributed by atoms with E-state index in [1.807, 2.05) is 0 Å². The smallest absolute Gasteiger partial charge is 0.218 e. The molecular formula is C14H19NO3SSi. The van der Waals surface area contributed by atoms with E-state index in [4.69, 9.17) is 5.73 Å². The van der Waals surface area contributed by atoms with Crippen molar-refractivity contribution in [2.24, 2.45) is 5.73 Å². The van der Waals surface area contributed by atoms with E-state index in [-0.39, 0.29) is 17.1 Å². The molecule has 2 N–H and O–H groups in total. The molecular weight excluding hydrogens is 290 g/mol. The van der Waals surface area contributed by atoms with Crippen LogP contribution in [-0.2, 0) is 14.6 Å². The fourth-order valence-electron chi connectivity index (χ4n) is 1.36. The maximum atomic E-state index is 11.9. The zero-order chi connectivity index (χ0) is 15.4. The Morgan fingerprint density at radius 2 is 1.75 bits per heavy atom. The monoisotopic (exact) mass is 309 g/mol. The van der Waals surface area contributed by atoms with Crippen molar-refractivity contribution in [1.82, 2.24) is 0 Å². The lowest BCUT2D eigenvalue weighted by Crippen LogP contribution is -2.17. The van der Waals surface area contributed by atoms with Gasteiger partial charge in [-0.3, -0.25) is 4.79 Å². The highest BCUT2D eigenvalue weighted by Gasteiger charge is 2.15. The Bertz CT molecular complexity index is 646. The summed E-state index contributed by atoms with van der Waals surface area (Å²) in [7, 11) is -4.90. The molecule has 0 aromatic heterocycles. The highest BCUT2D eigenvalue weighted by atomic mass is 32.2. The summed E-state index contributed by atoms with van der Waals surface area (Å²) in [5.74, 6) is 2.18. The van der Waals surface area contributed by atoms with Crippen LogP contribution in [0.3, 0.4) is 0 Å². The third-order valence-corrected chi connectivity index (χ3v) is 5.02. The molecule has 0 aliphatic heterocycles. The highest BCUT2D eigenvalue weighted by Crippen LogP contribution is 2.13. The molecule has 1 aromatic rings. The van der Waals surface area contributed by atoms with Gasteiger partial charge in [0.1, 0.15) is 8.07 Å². The van der Waals surface area contributed by atoms with E-state index in [1.165, 1.54) is 12.1 Å². The third kappa shape index (κ3) is 5.59. The van der Waals surface area contributed by atoms with Gasteiger partial charge < -0.3 is 5.73 Å². The summed E-state index contributed by atoms with van der Waals surface area (Å²) in [6, 6.07) is 6.41. The second-order valence-electron chi connectivity index (χ2n) is 5.56. The fourth-order valence-corrected chi connectivity index (χ4v) is 3.13. The van der Waals surface area contributed by atoms with Crippen molar-refractivity contribution < 1.29 is 13.2 Å². The number of carbonyl (C=O) groups is 1. The van der Waals surface area contributed by atoms with Crippen LogP contribution in [-0.4, -0.2) is 28.2 Å². The first kappa shape index (κ1) is 16.5. The van der Waals surface area contributed by atoms with Gasteiger partial charge in [0.05, 0.1) is 10.6 Å². The van der Waals surface area contributed by atoms with E-state index in [9.17, 15) is 13.2 Å². The summed E-state index contributed by atoms with van der Waals surface area (Å²) in [6.45, 7) is 6.42. The summed E-state index contributed by atoms with van der Waals surface area (Å²) in [5, 5.41) is 0. The molecule has 1 amide bonds. The molecule has 0 unspecified atom stereocenters. The average Bonchev–Trinajstić information content (AvgIpc) is 2.34. The molecule has 108 valence electrons. The Kier molecular flexibility index (Phi) is 5.14. The first-order valence-corrected chi connectivity index (χ1v) is 11.4. The quantitative estimate of drug-likeness (QED) is 0.677. The van der Waals surface area contributed by atoms with Crippen molar-refractivity contribution in [2.45, 2.75) is 31.0 Å².